The molecule has 0 N–H and O–H groups in total. The van der Waals surface area contributed by atoms with Gasteiger partial charge in [0, 0.05) is 18.4 Å². The second kappa shape index (κ2) is 8.39. The number of nitriles is 2. The Labute approximate surface area is 129 Å². The zero-order valence-electron chi connectivity index (χ0n) is 12.5. The first kappa shape index (κ1) is 17.1. The molecule has 0 atom stereocenters. The Morgan fingerprint density at radius 2 is 2.05 bits per heavy atom. The number of ketones is 2. The molecular weight excluding hydrogens is 280 g/mol. The molecule has 0 unspecified atom stereocenters. The van der Waals surface area contributed by atoms with Crippen LogP contribution in [0.2, 0.25) is 0 Å². The topological polar surface area (TPSA) is 90.9 Å². The zero-order chi connectivity index (χ0) is 16.5. The van der Waals surface area contributed by atoms with Crippen LogP contribution in [-0.2, 0) is 9.59 Å². The van der Waals surface area contributed by atoms with Crippen molar-refractivity contribution in [3.63, 3.8) is 0 Å². The zero-order valence-corrected chi connectivity index (χ0v) is 12.5. The van der Waals surface area contributed by atoms with E-state index < -0.39 is 0 Å². The number of ether oxygens (including phenoxy) is 1. The first-order chi connectivity index (χ1) is 10.5. The van der Waals surface area contributed by atoms with Gasteiger partial charge in [0.2, 0.25) is 0 Å². The quantitative estimate of drug-likeness (QED) is 0.334. The monoisotopic (exact) mass is 296 g/mol. The van der Waals surface area contributed by atoms with Gasteiger partial charge in [0.25, 0.3) is 0 Å². The van der Waals surface area contributed by atoms with Crippen LogP contribution >= 0.6 is 0 Å². The Kier molecular flexibility index (Phi) is 6.53. The highest BCUT2D eigenvalue weighted by Crippen LogP contribution is 2.23. The molecule has 0 radical (unpaired) electrons. The number of hydrogen-bond acceptors (Lipinski definition) is 5. The second-order valence-electron chi connectivity index (χ2n) is 4.62. The van der Waals surface area contributed by atoms with Crippen LogP contribution in [0.1, 0.15) is 37.3 Å². The number of carbonyl (C=O) groups excluding carboxylic acids is 2. The van der Waals surface area contributed by atoms with E-state index in [1.54, 1.807) is 18.2 Å². The Morgan fingerprint density at radius 1 is 1.32 bits per heavy atom. The van der Waals surface area contributed by atoms with Crippen LogP contribution in [-0.4, -0.2) is 18.7 Å². The van der Waals surface area contributed by atoms with Gasteiger partial charge >= 0.3 is 0 Å². The van der Waals surface area contributed by atoms with Crippen LogP contribution in [0.4, 0.5) is 0 Å². The summed E-state index contributed by atoms with van der Waals surface area (Å²) in [6.45, 7) is 1.32. The van der Waals surface area contributed by atoms with E-state index in [0.29, 0.717) is 23.3 Å². The normalized spacial score (nSPS) is 10.5. The Balaban J connectivity index is 3.14. The molecule has 0 amide bonds. The molecule has 5 heteroatoms. The molecule has 1 aromatic carbocycles. The molecule has 112 valence electrons. The van der Waals surface area contributed by atoms with E-state index in [4.69, 9.17) is 15.3 Å². The number of rotatable bonds is 7. The lowest BCUT2D eigenvalue weighted by Crippen LogP contribution is -2.10. The molecule has 0 aliphatic heterocycles. The smallest absolute Gasteiger partial charge is 0.166 e. The number of carbonyl (C=O) groups is 2. The van der Waals surface area contributed by atoms with Gasteiger partial charge in [-0.05, 0) is 37.6 Å². The van der Waals surface area contributed by atoms with E-state index in [-0.39, 0.29) is 30.0 Å². The fraction of sp³-hybridized carbons (Fsp3) is 0.294. The fourth-order valence-electron chi connectivity index (χ4n) is 1.90. The van der Waals surface area contributed by atoms with E-state index in [0.717, 1.165) is 0 Å². The van der Waals surface area contributed by atoms with Crippen molar-refractivity contribution < 1.29 is 14.3 Å². The largest absolute Gasteiger partial charge is 0.496 e. The van der Waals surface area contributed by atoms with E-state index in [9.17, 15) is 9.59 Å². The number of allylic oxidation sites excluding steroid dienone is 1. The molecule has 0 saturated carbocycles. The molecule has 0 spiro atoms. The highest BCUT2D eigenvalue weighted by atomic mass is 16.5. The van der Waals surface area contributed by atoms with Crippen molar-refractivity contribution in [1.29, 1.82) is 10.5 Å². The van der Waals surface area contributed by atoms with Crippen molar-refractivity contribution in [3.8, 4) is 17.9 Å². The molecule has 0 aliphatic carbocycles. The summed E-state index contributed by atoms with van der Waals surface area (Å²) < 4.78 is 5.19. The average Bonchev–Trinajstić information content (AvgIpc) is 2.52. The SMILES string of the molecule is COc1cc(C#N)ccc1/C=C(/C(C)=O)C(=O)CCCC#N. The van der Waals surface area contributed by atoms with Crippen LogP contribution in [0.3, 0.4) is 0 Å². The van der Waals surface area contributed by atoms with Gasteiger partial charge in [0.15, 0.2) is 11.6 Å². The number of hydrogen-bond donors (Lipinski definition) is 0. The first-order valence-electron chi connectivity index (χ1n) is 6.74. The van der Waals surface area contributed by atoms with Crippen LogP contribution < -0.4 is 4.74 Å². The molecule has 0 aliphatic rings. The summed E-state index contributed by atoms with van der Waals surface area (Å²) >= 11 is 0. The van der Waals surface area contributed by atoms with E-state index >= 15 is 0 Å². The van der Waals surface area contributed by atoms with Crippen molar-refractivity contribution in [2.75, 3.05) is 7.11 Å². The fourth-order valence-corrected chi connectivity index (χ4v) is 1.90. The van der Waals surface area contributed by atoms with Crippen molar-refractivity contribution >= 4 is 17.6 Å². The molecule has 1 aromatic rings. The van der Waals surface area contributed by atoms with Crippen molar-refractivity contribution in [2.24, 2.45) is 0 Å². The maximum atomic E-state index is 12.1. The number of unbranched alkanes of at least 4 members (excludes halogenated alkanes) is 1. The first-order valence-corrected chi connectivity index (χ1v) is 6.74. The lowest BCUT2D eigenvalue weighted by Gasteiger charge is -2.07. The number of Topliss-reactive ketones (excluding diaryl/α,β-unsaturated/α-hetero) is 2. The van der Waals surface area contributed by atoms with Gasteiger partial charge < -0.3 is 4.74 Å². The van der Waals surface area contributed by atoms with Gasteiger partial charge in [-0.15, -0.1) is 0 Å². The third-order valence-corrected chi connectivity index (χ3v) is 3.03. The van der Waals surface area contributed by atoms with Gasteiger partial charge in [-0.3, -0.25) is 9.59 Å². The number of benzene rings is 1. The minimum atomic E-state index is -0.339. The molecule has 0 fully saturated rings. The number of methoxy groups -OCH3 is 1. The predicted octanol–water partition coefficient (Wildman–Crippen LogP) is 2.80. The van der Waals surface area contributed by atoms with Gasteiger partial charge in [0.05, 0.1) is 30.4 Å². The molecule has 5 nitrogen and oxygen atoms in total. The summed E-state index contributed by atoms with van der Waals surface area (Å²) in [6.07, 6.45) is 2.32. The highest BCUT2D eigenvalue weighted by molar-refractivity contribution is 6.22. The van der Waals surface area contributed by atoms with Crippen LogP contribution in [0, 0.1) is 22.7 Å². The van der Waals surface area contributed by atoms with Crippen molar-refractivity contribution in [1.82, 2.24) is 0 Å². The van der Waals surface area contributed by atoms with E-state index in [2.05, 4.69) is 0 Å². The molecular formula is C17H16N2O3. The molecule has 22 heavy (non-hydrogen) atoms. The molecule has 1 rings (SSSR count). The average molecular weight is 296 g/mol. The van der Waals surface area contributed by atoms with E-state index in [1.165, 1.54) is 20.1 Å². The summed E-state index contributed by atoms with van der Waals surface area (Å²) in [6, 6.07) is 8.72. The van der Waals surface area contributed by atoms with Gasteiger partial charge in [-0.2, -0.15) is 10.5 Å². The van der Waals surface area contributed by atoms with E-state index in [1.807, 2.05) is 12.1 Å². The number of nitrogens with zero attached hydrogens (tertiary/aromatic N) is 2. The minimum absolute atomic E-state index is 0.0703. The predicted molar refractivity (Wildman–Crippen MR) is 80.8 cm³/mol. The summed E-state index contributed by atoms with van der Waals surface area (Å²) in [5, 5.41) is 17.4. The van der Waals surface area contributed by atoms with Crippen LogP contribution in [0.5, 0.6) is 5.75 Å². The summed E-state index contributed by atoms with van der Waals surface area (Å²) in [4.78, 5) is 23.8. The third-order valence-electron chi connectivity index (χ3n) is 3.03. The van der Waals surface area contributed by atoms with Crippen LogP contribution in [0.25, 0.3) is 6.08 Å². The minimum Gasteiger partial charge on any atom is -0.496 e. The van der Waals surface area contributed by atoms with Crippen molar-refractivity contribution in [2.45, 2.75) is 26.2 Å². The lowest BCUT2D eigenvalue weighted by molar-refractivity contribution is -0.120. The summed E-state index contributed by atoms with van der Waals surface area (Å²) in [5.74, 6) is -0.217. The molecule has 0 heterocycles. The molecule has 0 aromatic heterocycles. The van der Waals surface area contributed by atoms with Crippen molar-refractivity contribution in [3.05, 3.63) is 34.9 Å². The Bertz CT molecular complexity index is 691. The van der Waals surface area contributed by atoms with Crippen LogP contribution in [0.15, 0.2) is 23.8 Å². The summed E-state index contributed by atoms with van der Waals surface area (Å²) in [7, 11) is 1.45. The maximum Gasteiger partial charge on any atom is 0.166 e. The summed E-state index contributed by atoms with van der Waals surface area (Å²) in [5.41, 5.74) is 1.06. The standard InChI is InChI=1S/C17H16N2O3/c1-12(20)15(16(21)5-3-4-8-18)10-14-7-6-13(11-19)9-17(14)22-2/h6-7,9-10H,3-5H2,1-2H3/b15-10-. The molecule has 0 bridgehead atoms. The van der Waals surface area contributed by atoms with Gasteiger partial charge in [-0.1, -0.05) is 0 Å². The van der Waals surface area contributed by atoms with Gasteiger partial charge in [-0.25, -0.2) is 0 Å². The maximum absolute atomic E-state index is 12.1. The highest BCUT2D eigenvalue weighted by Gasteiger charge is 2.15. The molecule has 0 saturated heterocycles. The van der Waals surface area contributed by atoms with Gasteiger partial charge in [0.1, 0.15) is 5.75 Å². The second-order valence-corrected chi connectivity index (χ2v) is 4.62. The third kappa shape index (κ3) is 4.57. The Hall–Kier alpha value is -2.92. The lowest BCUT2D eigenvalue weighted by atomic mass is 9.99. The Morgan fingerprint density at radius 3 is 2.59 bits per heavy atom.